The first-order valence-corrected chi connectivity index (χ1v) is 8.45. The molecule has 0 aliphatic carbocycles. The maximum Gasteiger partial charge on any atom is 0.244 e. The molecule has 1 aromatic heterocycles. The minimum Gasteiger partial charge on any atom is -0.244 e. The number of hydrogen-bond acceptors (Lipinski definition) is 5. The summed E-state index contributed by atoms with van der Waals surface area (Å²) in [6.45, 7) is 4.47. The second-order valence-electron chi connectivity index (χ2n) is 4.42. The predicted octanol–water partition coefficient (Wildman–Crippen LogP) is 1.47. The van der Waals surface area contributed by atoms with Crippen LogP contribution >= 0.6 is 11.8 Å². The Morgan fingerprint density at radius 3 is 2.79 bits per heavy atom. The van der Waals surface area contributed by atoms with Gasteiger partial charge in [-0.15, -0.1) is 0 Å². The SMILES string of the molecule is CC1SCCN(S(=O)(=O)c2ccc(C#N)nc2)C1C. The Labute approximate surface area is 117 Å². The van der Waals surface area contributed by atoms with Crippen molar-refractivity contribution in [2.75, 3.05) is 12.3 Å². The number of aromatic nitrogens is 1. The van der Waals surface area contributed by atoms with Gasteiger partial charge in [-0.25, -0.2) is 13.4 Å². The predicted molar refractivity (Wildman–Crippen MR) is 74.2 cm³/mol. The fourth-order valence-electron chi connectivity index (χ4n) is 1.98. The van der Waals surface area contributed by atoms with Crippen molar-refractivity contribution in [3.63, 3.8) is 0 Å². The van der Waals surface area contributed by atoms with Crippen molar-refractivity contribution in [2.24, 2.45) is 0 Å². The highest BCUT2D eigenvalue weighted by Gasteiger charge is 2.34. The molecule has 2 unspecified atom stereocenters. The molecule has 0 amide bonds. The standard InChI is InChI=1S/C12H15N3O2S2/c1-9-10(2)18-6-5-15(9)19(16,17)12-4-3-11(7-13)14-8-12/h3-4,8-10H,5-6H2,1-2H3. The van der Waals surface area contributed by atoms with Crippen molar-refractivity contribution < 1.29 is 8.42 Å². The first-order chi connectivity index (χ1) is 8.96. The Morgan fingerprint density at radius 1 is 1.47 bits per heavy atom. The van der Waals surface area contributed by atoms with Gasteiger partial charge in [0.15, 0.2) is 0 Å². The van der Waals surface area contributed by atoms with Gasteiger partial charge >= 0.3 is 0 Å². The van der Waals surface area contributed by atoms with Crippen LogP contribution in [0.1, 0.15) is 19.5 Å². The van der Waals surface area contributed by atoms with E-state index in [0.717, 1.165) is 5.75 Å². The lowest BCUT2D eigenvalue weighted by molar-refractivity contribution is 0.340. The second kappa shape index (κ2) is 5.49. The van der Waals surface area contributed by atoms with Gasteiger partial charge in [0, 0.05) is 29.8 Å². The van der Waals surface area contributed by atoms with Crippen LogP contribution in [0.3, 0.4) is 0 Å². The molecular formula is C12H15N3O2S2. The normalized spacial score (nSPS) is 24.9. The van der Waals surface area contributed by atoms with Gasteiger partial charge in [0.2, 0.25) is 10.0 Å². The van der Waals surface area contributed by atoms with E-state index in [4.69, 9.17) is 5.26 Å². The van der Waals surface area contributed by atoms with Gasteiger partial charge in [-0.2, -0.15) is 21.3 Å². The van der Waals surface area contributed by atoms with Crippen LogP contribution in [0.2, 0.25) is 0 Å². The Morgan fingerprint density at radius 2 is 2.21 bits per heavy atom. The molecule has 1 fully saturated rings. The third kappa shape index (κ3) is 2.76. The zero-order valence-corrected chi connectivity index (χ0v) is 12.4. The number of pyridine rings is 1. The fourth-order valence-corrected chi connectivity index (χ4v) is 4.92. The summed E-state index contributed by atoms with van der Waals surface area (Å²) < 4.78 is 26.6. The Hall–Kier alpha value is -1.10. The number of hydrogen-bond donors (Lipinski definition) is 0. The van der Waals surface area contributed by atoms with Gasteiger partial charge < -0.3 is 0 Å². The Bertz CT molecular complexity index is 592. The highest BCUT2D eigenvalue weighted by molar-refractivity contribution is 8.00. The van der Waals surface area contributed by atoms with E-state index in [0.29, 0.717) is 6.54 Å². The van der Waals surface area contributed by atoms with Crippen molar-refractivity contribution in [1.82, 2.24) is 9.29 Å². The first-order valence-electron chi connectivity index (χ1n) is 5.96. The van der Waals surface area contributed by atoms with Crippen LogP contribution < -0.4 is 0 Å². The number of thioether (sulfide) groups is 1. The molecule has 102 valence electrons. The lowest BCUT2D eigenvalue weighted by atomic mass is 10.2. The van der Waals surface area contributed by atoms with Crippen molar-refractivity contribution in [2.45, 2.75) is 30.0 Å². The molecule has 0 spiro atoms. The van der Waals surface area contributed by atoms with Crippen LogP contribution in [0.5, 0.6) is 0 Å². The number of nitrogens with zero attached hydrogens (tertiary/aromatic N) is 3. The van der Waals surface area contributed by atoms with E-state index >= 15 is 0 Å². The molecule has 2 atom stereocenters. The maximum absolute atomic E-state index is 12.5. The van der Waals surface area contributed by atoms with Crippen LogP contribution in [0.25, 0.3) is 0 Å². The molecule has 0 bridgehead atoms. The molecule has 1 saturated heterocycles. The monoisotopic (exact) mass is 297 g/mol. The van der Waals surface area contributed by atoms with Gasteiger partial charge in [-0.05, 0) is 19.1 Å². The molecule has 7 heteroatoms. The summed E-state index contributed by atoms with van der Waals surface area (Å²) in [5, 5.41) is 8.95. The Kier molecular flexibility index (Phi) is 4.13. The van der Waals surface area contributed by atoms with Crippen LogP contribution in [-0.2, 0) is 10.0 Å². The average molecular weight is 297 g/mol. The van der Waals surface area contributed by atoms with Crippen molar-refractivity contribution >= 4 is 21.8 Å². The van der Waals surface area contributed by atoms with Crippen molar-refractivity contribution in [1.29, 1.82) is 5.26 Å². The third-order valence-corrected chi connectivity index (χ3v) is 6.59. The fraction of sp³-hybridized carbons (Fsp3) is 0.500. The summed E-state index contributed by atoms with van der Waals surface area (Å²) in [6.07, 6.45) is 1.26. The summed E-state index contributed by atoms with van der Waals surface area (Å²) in [7, 11) is -3.52. The number of sulfonamides is 1. The largest absolute Gasteiger partial charge is 0.244 e. The zero-order chi connectivity index (χ0) is 14.0. The first kappa shape index (κ1) is 14.3. The summed E-state index contributed by atoms with van der Waals surface area (Å²) in [4.78, 5) is 3.98. The maximum atomic E-state index is 12.5. The summed E-state index contributed by atoms with van der Waals surface area (Å²) in [5.74, 6) is 0.800. The summed E-state index contributed by atoms with van der Waals surface area (Å²) in [6, 6.07) is 4.71. The molecule has 0 radical (unpaired) electrons. The molecule has 1 aromatic rings. The van der Waals surface area contributed by atoms with Crippen LogP contribution in [-0.4, -0.2) is 41.3 Å². The van der Waals surface area contributed by atoms with E-state index in [-0.39, 0.29) is 21.9 Å². The smallest absolute Gasteiger partial charge is 0.244 e. The summed E-state index contributed by atoms with van der Waals surface area (Å²) >= 11 is 1.78. The van der Waals surface area contributed by atoms with Crippen LogP contribution in [0.15, 0.2) is 23.2 Å². The van der Waals surface area contributed by atoms with Gasteiger partial charge in [-0.3, -0.25) is 0 Å². The minimum absolute atomic E-state index is 0.0422. The molecule has 0 N–H and O–H groups in total. The third-order valence-electron chi connectivity index (χ3n) is 3.28. The minimum atomic E-state index is -3.52. The second-order valence-corrected chi connectivity index (χ2v) is 7.80. The van der Waals surface area contributed by atoms with E-state index < -0.39 is 10.0 Å². The molecule has 19 heavy (non-hydrogen) atoms. The topological polar surface area (TPSA) is 74.1 Å². The lowest BCUT2D eigenvalue weighted by Crippen LogP contribution is -2.47. The molecule has 1 aliphatic heterocycles. The van der Waals surface area contributed by atoms with E-state index in [1.165, 1.54) is 22.6 Å². The quantitative estimate of drug-likeness (QED) is 0.826. The van der Waals surface area contributed by atoms with Gasteiger partial charge in [0.05, 0.1) is 0 Å². The average Bonchev–Trinajstić information content (AvgIpc) is 2.41. The van der Waals surface area contributed by atoms with Crippen molar-refractivity contribution in [3.8, 4) is 6.07 Å². The zero-order valence-electron chi connectivity index (χ0n) is 10.8. The van der Waals surface area contributed by atoms with Crippen molar-refractivity contribution in [3.05, 3.63) is 24.0 Å². The number of nitriles is 1. The molecule has 0 aromatic carbocycles. The molecule has 1 aliphatic rings. The van der Waals surface area contributed by atoms with E-state index in [9.17, 15) is 8.42 Å². The molecule has 5 nitrogen and oxygen atoms in total. The lowest BCUT2D eigenvalue weighted by Gasteiger charge is -2.36. The molecular weight excluding hydrogens is 282 g/mol. The van der Waals surface area contributed by atoms with Crippen LogP contribution in [0.4, 0.5) is 0 Å². The highest BCUT2D eigenvalue weighted by atomic mass is 32.2. The van der Waals surface area contributed by atoms with Gasteiger partial charge in [0.25, 0.3) is 0 Å². The van der Waals surface area contributed by atoms with E-state index in [2.05, 4.69) is 4.98 Å². The Balaban J connectivity index is 2.33. The molecule has 2 heterocycles. The highest BCUT2D eigenvalue weighted by Crippen LogP contribution is 2.29. The number of rotatable bonds is 2. The van der Waals surface area contributed by atoms with Gasteiger partial charge in [-0.1, -0.05) is 6.92 Å². The van der Waals surface area contributed by atoms with Gasteiger partial charge in [0.1, 0.15) is 16.7 Å². The molecule has 0 saturated carbocycles. The van der Waals surface area contributed by atoms with E-state index in [1.54, 1.807) is 11.8 Å². The van der Waals surface area contributed by atoms with Crippen LogP contribution in [0, 0.1) is 11.3 Å². The van der Waals surface area contributed by atoms with E-state index in [1.807, 2.05) is 19.9 Å². The summed E-state index contributed by atoms with van der Waals surface area (Å²) in [5.41, 5.74) is 0.217. The molecule has 2 rings (SSSR count).